The molecule has 0 amide bonds. The van der Waals surface area contributed by atoms with Gasteiger partial charge in [0.05, 0.1) is 33.6 Å². The highest BCUT2D eigenvalue weighted by atomic mass is 16.7. The Kier molecular flexibility index (Phi) is 4.91. The van der Waals surface area contributed by atoms with Gasteiger partial charge in [0.2, 0.25) is 0 Å². The van der Waals surface area contributed by atoms with E-state index in [1.165, 1.54) is 0 Å². The van der Waals surface area contributed by atoms with Crippen LogP contribution in [0.15, 0.2) is 6.07 Å². The van der Waals surface area contributed by atoms with Gasteiger partial charge in [-0.15, -0.1) is 0 Å². The molecule has 0 aliphatic carbocycles. The van der Waals surface area contributed by atoms with Crippen molar-refractivity contribution in [1.29, 1.82) is 0 Å². The molecular weight excluding hydrogens is 342 g/mol. The third-order valence-electron chi connectivity index (χ3n) is 6.36. The van der Waals surface area contributed by atoms with E-state index in [4.69, 9.17) is 23.7 Å². The highest BCUT2D eigenvalue weighted by molar-refractivity contribution is 6.65. The standard InChI is InChI=1S/C19H34B2N2O4/c1-13(2)12-23-15(21-26-18(7,8)19(9,10)27-21)11-14(22-23)20-24-16(3,4)17(5,6)25-20/h11,13H,12H2,1-10H3. The lowest BCUT2D eigenvalue weighted by Gasteiger charge is -2.32. The first kappa shape index (κ1) is 20.9. The second kappa shape index (κ2) is 6.34. The molecule has 150 valence electrons. The molecule has 2 aliphatic rings. The van der Waals surface area contributed by atoms with E-state index in [0.29, 0.717) is 5.92 Å². The van der Waals surface area contributed by atoms with Crippen LogP contribution < -0.4 is 11.2 Å². The van der Waals surface area contributed by atoms with Crippen LogP contribution >= 0.6 is 0 Å². The maximum atomic E-state index is 6.27. The summed E-state index contributed by atoms with van der Waals surface area (Å²) < 4.78 is 26.9. The summed E-state index contributed by atoms with van der Waals surface area (Å²) in [6, 6.07) is 2.01. The van der Waals surface area contributed by atoms with Crippen molar-refractivity contribution in [3.05, 3.63) is 6.07 Å². The molecule has 0 saturated carbocycles. The molecule has 0 aromatic carbocycles. The molecule has 0 unspecified atom stereocenters. The summed E-state index contributed by atoms with van der Waals surface area (Å²) >= 11 is 0. The molecule has 2 aliphatic heterocycles. The van der Waals surface area contributed by atoms with Crippen LogP contribution in [0.25, 0.3) is 0 Å². The first-order chi connectivity index (χ1) is 12.2. The van der Waals surface area contributed by atoms with Crippen molar-refractivity contribution in [1.82, 2.24) is 9.78 Å². The fourth-order valence-corrected chi connectivity index (χ4v) is 3.18. The van der Waals surface area contributed by atoms with E-state index in [1.807, 2.05) is 38.4 Å². The molecule has 0 N–H and O–H groups in total. The Labute approximate surface area is 164 Å². The Morgan fingerprint density at radius 2 is 1.22 bits per heavy atom. The summed E-state index contributed by atoms with van der Waals surface area (Å²) in [6.07, 6.45) is 0. The van der Waals surface area contributed by atoms with E-state index >= 15 is 0 Å². The minimum atomic E-state index is -0.496. The molecule has 2 fully saturated rings. The largest absolute Gasteiger partial charge is 0.516 e. The van der Waals surface area contributed by atoms with Crippen LogP contribution in [-0.2, 0) is 25.2 Å². The molecular formula is C19H34B2N2O4. The van der Waals surface area contributed by atoms with Crippen molar-refractivity contribution < 1.29 is 18.6 Å². The maximum Gasteiger partial charge on any atom is 0.516 e. The number of aromatic nitrogens is 2. The van der Waals surface area contributed by atoms with Crippen molar-refractivity contribution in [2.75, 3.05) is 0 Å². The Balaban J connectivity index is 1.94. The molecule has 0 bridgehead atoms. The lowest BCUT2D eigenvalue weighted by molar-refractivity contribution is 0.00578. The number of hydrogen-bond acceptors (Lipinski definition) is 5. The number of nitrogens with zero attached hydrogens (tertiary/aromatic N) is 2. The average Bonchev–Trinajstić information content (AvgIpc) is 3.02. The van der Waals surface area contributed by atoms with Gasteiger partial charge < -0.3 is 18.6 Å². The van der Waals surface area contributed by atoms with Gasteiger partial charge in [-0.05, 0) is 67.4 Å². The fourth-order valence-electron chi connectivity index (χ4n) is 3.18. The minimum Gasteiger partial charge on any atom is -0.398 e. The highest BCUT2D eigenvalue weighted by Gasteiger charge is 2.55. The zero-order chi connectivity index (χ0) is 20.4. The minimum absolute atomic E-state index is 0.394. The lowest BCUT2D eigenvalue weighted by Crippen LogP contribution is -2.41. The van der Waals surface area contributed by atoms with Crippen LogP contribution in [0.4, 0.5) is 0 Å². The van der Waals surface area contributed by atoms with Crippen LogP contribution in [0.2, 0.25) is 0 Å². The topological polar surface area (TPSA) is 54.7 Å². The zero-order valence-electron chi connectivity index (χ0n) is 18.5. The zero-order valence-corrected chi connectivity index (χ0v) is 18.5. The molecule has 1 aromatic rings. The molecule has 0 atom stereocenters. The van der Waals surface area contributed by atoms with Gasteiger partial charge in [-0.2, -0.15) is 5.10 Å². The van der Waals surface area contributed by atoms with Gasteiger partial charge in [-0.1, -0.05) is 13.8 Å². The third kappa shape index (κ3) is 3.61. The molecule has 6 nitrogen and oxygen atoms in total. The SMILES string of the molecule is CC(C)Cn1nc(B2OC(C)(C)C(C)(C)O2)cc1B1OC(C)(C)C(C)(C)O1. The second-order valence-electron chi connectivity index (χ2n) is 10.2. The maximum absolute atomic E-state index is 6.27. The third-order valence-corrected chi connectivity index (χ3v) is 6.36. The summed E-state index contributed by atoms with van der Waals surface area (Å²) in [5.74, 6) is 0.442. The lowest BCUT2D eigenvalue weighted by atomic mass is 9.79. The smallest absolute Gasteiger partial charge is 0.398 e. The summed E-state index contributed by atoms with van der Waals surface area (Å²) in [5.41, 5.74) is 0.0872. The first-order valence-electron chi connectivity index (χ1n) is 9.94. The molecule has 1 aromatic heterocycles. The van der Waals surface area contributed by atoms with Crippen LogP contribution in [0.1, 0.15) is 69.2 Å². The van der Waals surface area contributed by atoms with Gasteiger partial charge in [-0.25, -0.2) is 0 Å². The predicted octanol–water partition coefficient (Wildman–Crippen LogP) is 2.14. The van der Waals surface area contributed by atoms with E-state index in [1.54, 1.807) is 0 Å². The molecule has 27 heavy (non-hydrogen) atoms. The van der Waals surface area contributed by atoms with Crippen molar-refractivity contribution >= 4 is 25.4 Å². The van der Waals surface area contributed by atoms with Gasteiger partial charge in [0, 0.05) is 6.54 Å². The van der Waals surface area contributed by atoms with Crippen LogP contribution in [0.5, 0.6) is 0 Å². The van der Waals surface area contributed by atoms with E-state index in [0.717, 1.165) is 17.7 Å². The van der Waals surface area contributed by atoms with Crippen molar-refractivity contribution in [2.45, 2.75) is 98.2 Å². The Hall–Kier alpha value is -0.820. The molecule has 0 spiro atoms. The monoisotopic (exact) mass is 376 g/mol. The number of hydrogen-bond donors (Lipinski definition) is 0. The second-order valence-corrected chi connectivity index (χ2v) is 10.2. The van der Waals surface area contributed by atoms with Gasteiger partial charge in [0.1, 0.15) is 0 Å². The molecule has 8 heteroatoms. The van der Waals surface area contributed by atoms with Gasteiger partial charge in [0.25, 0.3) is 0 Å². The molecule has 3 rings (SSSR count). The van der Waals surface area contributed by atoms with E-state index in [-0.39, 0.29) is 0 Å². The molecule has 0 radical (unpaired) electrons. The summed E-state index contributed by atoms with van der Waals surface area (Å²) in [7, 11) is -0.956. The van der Waals surface area contributed by atoms with E-state index in [9.17, 15) is 0 Å². The van der Waals surface area contributed by atoms with Crippen molar-refractivity contribution in [3.8, 4) is 0 Å². The molecule has 2 saturated heterocycles. The van der Waals surface area contributed by atoms with Crippen molar-refractivity contribution in [3.63, 3.8) is 0 Å². The molecule has 3 heterocycles. The van der Waals surface area contributed by atoms with E-state index < -0.39 is 36.6 Å². The summed E-state index contributed by atoms with van der Waals surface area (Å²) in [5, 5.41) is 4.81. The summed E-state index contributed by atoms with van der Waals surface area (Å²) in [4.78, 5) is 0. The Morgan fingerprint density at radius 1 is 0.815 bits per heavy atom. The predicted molar refractivity (Wildman–Crippen MR) is 108 cm³/mol. The fraction of sp³-hybridized carbons (Fsp3) is 0.842. The Morgan fingerprint density at radius 3 is 1.63 bits per heavy atom. The van der Waals surface area contributed by atoms with Crippen molar-refractivity contribution in [2.24, 2.45) is 5.92 Å². The van der Waals surface area contributed by atoms with E-state index in [2.05, 4.69) is 41.5 Å². The highest BCUT2D eigenvalue weighted by Crippen LogP contribution is 2.37. The van der Waals surface area contributed by atoms with Gasteiger partial charge >= 0.3 is 14.2 Å². The summed E-state index contributed by atoms with van der Waals surface area (Å²) in [6.45, 7) is 21.6. The van der Waals surface area contributed by atoms with Crippen LogP contribution in [0, 0.1) is 5.92 Å². The average molecular weight is 376 g/mol. The first-order valence-corrected chi connectivity index (χ1v) is 9.94. The normalized spacial score (nSPS) is 25.6. The van der Waals surface area contributed by atoms with Gasteiger partial charge in [0.15, 0.2) is 0 Å². The van der Waals surface area contributed by atoms with Gasteiger partial charge in [-0.3, -0.25) is 4.68 Å². The Bertz CT molecular complexity index is 681. The quantitative estimate of drug-likeness (QED) is 0.754. The van der Waals surface area contributed by atoms with Crippen LogP contribution in [0.3, 0.4) is 0 Å². The van der Waals surface area contributed by atoms with Crippen LogP contribution in [-0.4, -0.2) is 46.4 Å². The number of rotatable bonds is 4.